The molecule has 8 rings (SSSR count). The second-order valence-corrected chi connectivity index (χ2v) is 27.8. The van der Waals surface area contributed by atoms with E-state index in [1.807, 2.05) is 45.9 Å². The van der Waals surface area contributed by atoms with Crippen LogP contribution in [-0.4, -0.2) is 138 Å². The molecule has 1 fully saturated rings. The number of carbonyl (C=O) groups is 1. The minimum Gasteiger partial charge on any atom is -0.387 e. The third-order valence-electron chi connectivity index (χ3n) is 15.3. The van der Waals surface area contributed by atoms with E-state index >= 15 is 0 Å². The van der Waals surface area contributed by atoms with Crippen LogP contribution in [0.15, 0.2) is 82.8 Å². The molecule has 10 atom stereocenters. The van der Waals surface area contributed by atoms with E-state index in [4.69, 9.17) is 15.0 Å². The van der Waals surface area contributed by atoms with Gasteiger partial charge in [0, 0.05) is 67.0 Å². The van der Waals surface area contributed by atoms with Crippen molar-refractivity contribution in [2.45, 2.75) is 124 Å². The number of carbonyl (C=O) groups excluding carboxylic acids is 1. The van der Waals surface area contributed by atoms with Gasteiger partial charge in [0.2, 0.25) is 11.6 Å². The number of imidazole rings is 1. The monoisotopic (exact) mass is 1220 g/mol. The number of aliphatic hydroxyl groups excluding tert-OH is 2. The standard InChI is InChI=1S/C47H64N9O19P3S2/c1-5-54-34-19-17-30(79(66,67)68)24-32(34)46(3)29(2)47(4)33-25-31(80(69,70)71)18-20-35(33)55(38(47)15-13-14-37(46)54)23-12-8-9-16-39(57)49-21-10-6-7-11-22-53-76(60,61)74-78(64,65)75-77(62,63)72-26-36-41(58)42(59)45(73-36)56-28-52-40-43(48)50-27-51-44(40)56/h13-15,17-20,24-25,27-29,36,41-42,45,58-59H,5-12,16,21-23,26H2,1-4H3,(H8-,48,49,50,51,53,57,60,61,62,63,64,65,66,67,68,69,70,71)/p+1/t29?,36-,41-,42-,45-,46?,47?/m1/s1. The summed E-state index contributed by atoms with van der Waals surface area (Å²) < 4.78 is 130. The fourth-order valence-electron chi connectivity index (χ4n) is 11.1. The van der Waals surface area contributed by atoms with Crippen LogP contribution in [0.1, 0.15) is 96.4 Å². The third kappa shape index (κ3) is 12.6. The van der Waals surface area contributed by atoms with Crippen molar-refractivity contribution in [3.63, 3.8) is 0 Å². The number of unbranched alkanes of at least 4 members (excludes halogenated alkanes) is 5. The van der Waals surface area contributed by atoms with Gasteiger partial charge in [-0.1, -0.05) is 25.8 Å². The van der Waals surface area contributed by atoms with Gasteiger partial charge in [-0.05, 0) is 94.3 Å². The smallest absolute Gasteiger partial charge is 0.387 e. The fourth-order valence-corrected chi connectivity index (χ4v) is 15.9. The number of rotatable bonds is 25. The summed E-state index contributed by atoms with van der Waals surface area (Å²) in [5.41, 5.74) is 8.95. The molecule has 438 valence electrons. The molecule has 1 aliphatic carbocycles. The molecule has 0 radical (unpaired) electrons. The molecular weight excluding hydrogens is 1150 g/mol. The van der Waals surface area contributed by atoms with Crippen LogP contribution in [0.2, 0.25) is 0 Å². The van der Waals surface area contributed by atoms with Crippen LogP contribution in [0.4, 0.5) is 17.2 Å². The predicted molar refractivity (Wildman–Crippen MR) is 288 cm³/mol. The molecule has 11 N–H and O–H groups in total. The number of nitrogens with two attached hydrogens (primary N) is 1. The number of phosphoric acid groups is 2. The molecule has 0 spiro atoms. The Balaban J connectivity index is 0.766. The van der Waals surface area contributed by atoms with E-state index in [2.05, 4.69) is 43.5 Å². The number of nitrogens with zero attached hydrogens (tertiary/aromatic N) is 6. The summed E-state index contributed by atoms with van der Waals surface area (Å²) in [5, 5.41) is 26.1. The van der Waals surface area contributed by atoms with E-state index in [0.717, 1.165) is 29.1 Å². The van der Waals surface area contributed by atoms with E-state index in [9.17, 15) is 69.3 Å². The number of likely N-dealkylation sites (N-methyl/N-ethyl adjacent to an activating group) is 1. The fraction of sp³-hybridized carbons (Fsp3) is 0.511. The second kappa shape index (κ2) is 23.5. The SMILES string of the molecule is CCN1/C2=C/C=C/C3=[N+](CCCCCC(=O)NCCCCCCNP(=O)(O)OP(=O)(O)OP(=O)(O)OC[C@H]4O[C@@H](n5cnc6c(N)ncnc65)[C@H](O)[C@@H]4O)c4ccc(S(=O)(=O)O)cc4C3(C)C(C)C2(C)c2cc(S(=O)(=O)O)ccc21. The van der Waals surface area contributed by atoms with Gasteiger partial charge >= 0.3 is 23.4 Å². The molecule has 33 heteroatoms. The van der Waals surface area contributed by atoms with Crippen LogP contribution in [0.3, 0.4) is 0 Å². The molecule has 3 aliphatic heterocycles. The topological polar surface area (TPSA) is 415 Å². The molecule has 0 saturated carbocycles. The first kappa shape index (κ1) is 61.4. The Morgan fingerprint density at radius 2 is 1.51 bits per heavy atom. The highest BCUT2D eigenvalue weighted by Gasteiger charge is 2.61. The lowest BCUT2D eigenvalue weighted by Gasteiger charge is -2.44. The maximum Gasteiger partial charge on any atom is 0.489 e. The Kier molecular flexibility index (Phi) is 18.1. The zero-order valence-electron chi connectivity index (χ0n) is 43.9. The van der Waals surface area contributed by atoms with Gasteiger partial charge < -0.3 is 45.6 Å². The van der Waals surface area contributed by atoms with Crippen molar-refractivity contribution in [2.75, 3.05) is 43.4 Å². The summed E-state index contributed by atoms with van der Waals surface area (Å²) in [6, 6.07) is 9.09. The van der Waals surface area contributed by atoms with Crippen LogP contribution >= 0.6 is 23.4 Å². The van der Waals surface area contributed by atoms with Gasteiger partial charge in [-0.25, -0.2) is 33.7 Å². The van der Waals surface area contributed by atoms with Crippen LogP contribution in [-0.2, 0) is 67.4 Å². The second-order valence-electron chi connectivity index (χ2n) is 20.2. The first-order chi connectivity index (χ1) is 37.4. The number of allylic oxidation sites excluding steroid dienone is 4. The quantitative estimate of drug-likeness (QED) is 0.0187. The minimum absolute atomic E-state index is 0.0267. The van der Waals surface area contributed by atoms with Crippen LogP contribution < -0.4 is 21.0 Å². The Labute approximate surface area is 461 Å². The number of anilines is 2. The number of aliphatic hydroxyl groups is 2. The average molecular weight is 1220 g/mol. The summed E-state index contributed by atoms with van der Waals surface area (Å²) >= 11 is 0. The number of fused-ring (bicyclic) bond motifs is 7. The van der Waals surface area contributed by atoms with E-state index in [-0.39, 0.29) is 58.0 Å². The highest BCUT2D eigenvalue weighted by molar-refractivity contribution is 7.86. The Morgan fingerprint density at radius 3 is 2.20 bits per heavy atom. The Morgan fingerprint density at radius 1 is 0.850 bits per heavy atom. The summed E-state index contributed by atoms with van der Waals surface area (Å²) in [6.07, 6.45) is 6.13. The van der Waals surface area contributed by atoms with E-state index in [1.165, 1.54) is 35.2 Å². The summed E-state index contributed by atoms with van der Waals surface area (Å²) in [4.78, 5) is 56.6. The molecule has 4 aliphatic rings. The highest BCUT2D eigenvalue weighted by Crippen LogP contribution is 2.66. The van der Waals surface area contributed by atoms with Crippen LogP contribution in [0.25, 0.3) is 11.2 Å². The molecule has 4 aromatic rings. The Hall–Kier alpha value is -4.68. The molecule has 1 saturated heterocycles. The van der Waals surface area contributed by atoms with Gasteiger partial charge in [-0.3, -0.25) is 23.0 Å². The van der Waals surface area contributed by atoms with Crippen LogP contribution in [0, 0.1) is 5.92 Å². The Bertz CT molecular complexity index is 3530. The summed E-state index contributed by atoms with van der Waals surface area (Å²) in [7, 11) is -25.5. The number of aromatic nitrogens is 4. The first-order valence-electron chi connectivity index (χ1n) is 25.5. The lowest BCUT2D eigenvalue weighted by molar-refractivity contribution is -0.438. The first-order valence-corrected chi connectivity index (χ1v) is 33.0. The van der Waals surface area contributed by atoms with Crippen LogP contribution in [0.5, 0.6) is 0 Å². The number of amides is 1. The maximum absolute atomic E-state index is 12.8. The zero-order chi connectivity index (χ0) is 58.4. The number of benzene rings is 2. The van der Waals surface area contributed by atoms with Crippen molar-refractivity contribution in [3.05, 3.63) is 84.1 Å². The van der Waals surface area contributed by atoms with Gasteiger partial charge in [0.1, 0.15) is 36.7 Å². The molecule has 80 heavy (non-hydrogen) atoms. The van der Waals surface area contributed by atoms with E-state index in [1.54, 1.807) is 12.1 Å². The summed E-state index contributed by atoms with van der Waals surface area (Å²) in [5.74, 6) is -0.501. The highest BCUT2D eigenvalue weighted by atomic mass is 32.2. The molecular formula is C47H65N9O19P3S2+. The van der Waals surface area contributed by atoms with Crippen molar-refractivity contribution < 1.29 is 91.8 Å². The van der Waals surface area contributed by atoms with Gasteiger partial charge in [0.25, 0.3) is 20.2 Å². The minimum atomic E-state index is -5.75. The lowest BCUT2D eigenvalue weighted by Crippen LogP contribution is -2.49. The normalized spacial score (nSPS) is 27.0. The zero-order valence-corrected chi connectivity index (χ0v) is 48.2. The van der Waals surface area contributed by atoms with Gasteiger partial charge in [-0.2, -0.15) is 30.0 Å². The lowest BCUT2D eigenvalue weighted by atomic mass is 9.57. The predicted octanol–water partition coefficient (Wildman–Crippen LogP) is 4.64. The molecule has 2 aromatic heterocycles. The maximum atomic E-state index is 12.8. The van der Waals surface area contributed by atoms with E-state index in [0.29, 0.717) is 69.3 Å². The molecule has 5 heterocycles. The third-order valence-corrected chi connectivity index (χ3v) is 21.4. The molecule has 1 amide bonds. The number of phosphoric ester groups is 1. The van der Waals surface area contributed by atoms with Crippen molar-refractivity contribution in [1.29, 1.82) is 0 Å². The van der Waals surface area contributed by atoms with Crippen molar-refractivity contribution in [1.82, 2.24) is 29.9 Å². The largest absolute Gasteiger partial charge is 0.489 e. The summed E-state index contributed by atoms with van der Waals surface area (Å²) in [6.45, 7) is 8.31. The number of hydrogen-bond acceptors (Lipinski definition) is 19. The number of hydrogen-bond donors (Lipinski definition) is 10. The number of ether oxygens (including phenoxy) is 1. The van der Waals surface area contributed by atoms with Crippen molar-refractivity contribution in [2.24, 2.45) is 5.92 Å². The van der Waals surface area contributed by atoms with Gasteiger partial charge in [0.05, 0.1) is 28.1 Å². The van der Waals surface area contributed by atoms with Gasteiger partial charge in [0.15, 0.2) is 23.4 Å². The number of nitrogens with one attached hydrogen (secondary N) is 2. The molecule has 6 unspecified atom stereocenters. The number of nitrogen functional groups attached to an aromatic ring is 1. The molecule has 2 aromatic carbocycles. The average Bonchev–Trinajstić information content (AvgIpc) is 3.69. The van der Waals surface area contributed by atoms with E-state index < -0.39 is 85.6 Å². The van der Waals surface area contributed by atoms with Gasteiger partial charge in [-0.15, -0.1) is 0 Å². The van der Waals surface area contributed by atoms with Crippen molar-refractivity contribution in [3.8, 4) is 0 Å². The molecule has 0 bridgehead atoms. The van der Waals surface area contributed by atoms with Crippen molar-refractivity contribution >= 4 is 83.6 Å². The molecule has 28 nitrogen and oxygen atoms in total.